The Morgan fingerprint density at radius 3 is 2.67 bits per heavy atom. The van der Waals surface area contributed by atoms with Gasteiger partial charge in [-0.05, 0) is 25.0 Å². The van der Waals surface area contributed by atoms with Crippen molar-refractivity contribution < 1.29 is 13.2 Å². The number of alkyl halides is 3. The number of halogens is 3. The van der Waals surface area contributed by atoms with Crippen LogP contribution in [0.4, 0.5) is 36.3 Å². The molecular formula is C17H16F3N7. The summed E-state index contributed by atoms with van der Waals surface area (Å²) in [5.41, 5.74) is 0.495. The van der Waals surface area contributed by atoms with Crippen molar-refractivity contribution in [1.82, 2.24) is 9.97 Å². The minimum Gasteiger partial charge on any atom is -0.372 e. The Morgan fingerprint density at radius 1 is 1.30 bits per heavy atom. The predicted molar refractivity (Wildman–Crippen MR) is 95.4 cm³/mol. The summed E-state index contributed by atoms with van der Waals surface area (Å²) in [5.74, 6) is -0.288. The van der Waals surface area contributed by atoms with Crippen molar-refractivity contribution in [3.63, 3.8) is 0 Å². The maximum Gasteiger partial charge on any atom is 0.421 e. The maximum absolute atomic E-state index is 13.2. The summed E-state index contributed by atoms with van der Waals surface area (Å²) in [7, 11) is 0. The van der Waals surface area contributed by atoms with Crippen molar-refractivity contribution in [2.45, 2.75) is 25.1 Å². The first-order valence-corrected chi connectivity index (χ1v) is 8.14. The van der Waals surface area contributed by atoms with E-state index in [-0.39, 0.29) is 24.4 Å². The molecule has 2 aromatic rings. The van der Waals surface area contributed by atoms with Gasteiger partial charge in [-0.3, -0.25) is 0 Å². The lowest BCUT2D eigenvalue weighted by molar-refractivity contribution is -0.137. The highest BCUT2D eigenvalue weighted by Crippen LogP contribution is 2.36. The van der Waals surface area contributed by atoms with E-state index in [1.807, 2.05) is 6.07 Å². The van der Waals surface area contributed by atoms with Crippen LogP contribution in [0, 0.1) is 16.7 Å². The third-order valence-electron chi connectivity index (χ3n) is 3.87. The van der Waals surface area contributed by atoms with Crippen molar-refractivity contribution in [3.05, 3.63) is 35.5 Å². The molecule has 1 fully saturated rings. The van der Waals surface area contributed by atoms with Gasteiger partial charge in [-0.15, -0.1) is 0 Å². The van der Waals surface area contributed by atoms with Crippen LogP contribution in [0.2, 0.25) is 0 Å². The van der Waals surface area contributed by atoms with Crippen molar-refractivity contribution >= 4 is 29.4 Å². The average Bonchev–Trinajstić information content (AvgIpc) is 3.43. The lowest BCUT2D eigenvalue weighted by Crippen LogP contribution is -2.15. The normalized spacial score (nSPS) is 13.6. The molecule has 140 valence electrons. The van der Waals surface area contributed by atoms with Gasteiger partial charge in [0, 0.05) is 29.7 Å². The second kappa shape index (κ2) is 7.49. The number of benzene rings is 1. The molecule has 1 heterocycles. The van der Waals surface area contributed by atoms with E-state index in [1.165, 1.54) is 0 Å². The molecule has 0 aliphatic heterocycles. The number of rotatable bonds is 7. The van der Waals surface area contributed by atoms with Crippen molar-refractivity contribution in [3.8, 4) is 6.07 Å². The van der Waals surface area contributed by atoms with Gasteiger partial charge in [0.15, 0.2) is 0 Å². The minimum absolute atomic E-state index is 0.00973. The van der Waals surface area contributed by atoms with Gasteiger partial charge in [-0.25, -0.2) is 4.98 Å². The molecule has 1 saturated carbocycles. The van der Waals surface area contributed by atoms with Crippen molar-refractivity contribution in [1.29, 1.82) is 10.7 Å². The number of hydrogen-bond acceptors (Lipinski definition) is 7. The van der Waals surface area contributed by atoms with Crippen molar-refractivity contribution in [2.75, 3.05) is 22.5 Å². The molecular weight excluding hydrogens is 359 g/mol. The number of aromatic nitrogens is 2. The van der Waals surface area contributed by atoms with Gasteiger partial charge in [0.05, 0.1) is 11.8 Å². The molecule has 0 unspecified atom stereocenters. The van der Waals surface area contributed by atoms with Gasteiger partial charge < -0.3 is 21.4 Å². The highest BCUT2D eigenvalue weighted by molar-refractivity contribution is 5.94. The number of anilines is 4. The lowest BCUT2D eigenvalue weighted by atomic mass is 10.1. The summed E-state index contributed by atoms with van der Waals surface area (Å²) in [6.07, 6.45) is -1.14. The van der Waals surface area contributed by atoms with Gasteiger partial charge in [-0.1, -0.05) is 6.07 Å². The van der Waals surface area contributed by atoms with E-state index in [2.05, 4.69) is 25.9 Å². The van der Waals surface area contributed by atoms with E-state index < -0.39 is 11.7 Å². The molecule has 0 saturated heterocycles. The van der Waals surface area contributed by atoms with E-state index >= 15 is 0 Å². The molecule has 0 atom stereocenters. The Bertz CT molecular complexity index is 885. The quantitative estimate of drug-likeness (QED) is 0.433. The van der Waals surface area contributed by atoms with Crippen LogP contribution in [0.5, 0.6) is 0 Å². The topological polar surface area (TPSA) is 110 Å². The van der Waals surface area contributed by atoms with Crippen LogP contribution in [0.25, 0.3) is 0 Å². The molecule has 0 bridgehead atoms. The molecule has 10 heteroatoms. The van der Waals surface area contributed by atoms with Crippen LogP contribution >= 0.6 is 0 Å². The fourth-order valence-electron chi connectivity index (χ4n) is 2.42. The first-order chi connectivity index (χ1) is 12.9. The minimum atomic E-state index is -4.56. The number of nitrogens with one attached hydrogen (secondary N) is 4. The third kappa shape index (κ3) is 4.44. The highest BCUT2D eigenvalue weighted by atomic mass is 19.4. The monoisotopic (exact) mass is 375 g/mol. The molecule has 3 rings (SSSR count). The average molecular weight is 375 g/mol. The molecule has 27 heavy (non-hydrogen) atoms. The summed E-state index contributed by atoms with van der Waals surface area (Å²) in [5, 5.41) is 24.8. The number of nitrogens with zero attached hydrogens (tertiary/aromatic N) is 3. The summed E-state index contributed by atoms with van der Waals surface area (Å²) in [6, 6.07) is 6.95. The zero-order valence-electron chi connectivity index (χ0n) is 14.1. The lowest BCUT2D eigenvalue weighted by Gasteiger charge is -2.16. The molecule has 1 aromatic carbocycles. The predicted octanol–water partition coefficient (Wildman–Crippen LogP) is 3.75. The Morgan fingerprint density at radius 2 is 2.04 bits per heavy atom. The van der Waals surface area contributed by atoms with E-state index in [1.54, 1.807) is 18.2 Å². The van der Waals surface area contributed by atoms with Crippen LogP contribution in [0.1, 0.15) is 24.0 Å². The fraction of sp³-hybridized carbons (Fsp3) is 0.294. The second-order valence-corrected chi connectivity index (χ2v) is 5.92. The van der Waals surface area contributed by atoms with E-state index in [4.69, 9.17) is 10.7 Å². The Balaban J connectivity index is 1.91. The number of nitriles is 1. The molecule has 1 aromatic heterocycles. The number of hydrogen-bond donors (Lipinski definition) is 4. The van der Waals surface area contributed by atoms with Crippen LogP contribution in [-0.2, 0) is 6.18 Å². The van der Waals surface area contributed by atoms with Gasteiger partial charge in [-0.2, -0.15) is 23.4 Å². The molecule has 0 amide bonds. The van der Waals surface area contributed by atoms with Crippen LogP contribution in [-0.4, -0.2) is 28.8 Å². The second-order valence-electron chi connectivity index (χ2n) is 5.92. The molecule has 4 N–H and O–H groups in total. The van der Waals surface area contributed by atoms with Gasteiger partial charge in [0.25, 0.3) is 0 Å². The third-order valence-corrected chi connectivity index (χ3v) is 3.87. The summed E-state index contributed by atoms with van der Waals surface area (Å²) >= 11 is 0. The Labute approximate surface area is 153 Å². The molecule has 0 radical (unpaired) electrons. The van der Waals surface area contributed by atoms with E-state index in [9.17, 15) is 13.2 Å². The molecule has 1 aliphatic rings. The van der Waals surface area contributed by atoms with E-state index in [0.717, 1.165) is 25.3 Å². The van der Waals surface area contributed by atoms with Crippen LogP contribution in [0.3, 0.4) is 0 Å². The van der Waals surface area contributed by atoms with E-state index in [0.29, 0.717) is 16.9 Å². The molecule has 7 nitrogen and oxygen atoms in total. The first-order valence-electron chi connectivity index (χ1n) is 8.14. The molecule has 0 spiro atoms. The zero-order valence-corrected chi connectivity index (χ0v) is 14.1. The van der Waals surface area contributed by atoms with Crippen LogP contribution < -0.4 is 16.0 Å². The highest BCUT2D eigenvalue weighted by Gasteiger charge is 2.36. The first kappa shape index (κ1) is 18.4. The smallest absolute Gasteiger partial charge is 0.372 e. The fourth-order valence-corrected chi connectivity index (χ4v) is 2.42. The standard InChI is InChI=1S/C17H16F3N7/c18-17(19,20)12-9-24-16(27-15(12)25-10-4-5-10)26-14-3-1-2-13(11(14)8-22)23-7-6-21/h1-3,8-10,22-23H,4-5,7H2,(H2,24,25,26,27). The van der Waals surface area contributed by atoms with Gasteiger partial charge >= 0.3 is 6.18 Å². The maximum atomic E-state index is 13.2. The van der Waals surface area contributed by atoms with Gasteiger partial charge in [0.1, 0.15) is 17.9 Å². The van der Waals surface area contributed by atoms with Gasteiger partial charge in [0.2, 0.25) is 5.95 Å². The van der Waals surface area contributed by atoms with Crippen LogP contribution in [0.15, 0.2) is 24.4 Å². The Hall–Kier alpha value is -3.35. The SMILES string of the molecule is N#CCNc1cccc(Nc2ncc(C(F)(F)F)c(NC3CC3)n2)c1C=N. The summed E-state index contributed by atoms with van der Waals surface area (Å²) in [4.78, 5) is 7.75. The summed E-state index contributed by atoms with van der Waals surface area (Å²) in [6.45, 7) is 0.0521. The summed E-state index contributed by atoms with van der Waals surface area (Å²) < 4.78 is 39.5. The molecule has 1 aliphatic carbocycles. The zero-order chi connectivity index (χ0) is 19.4. The van der Waals surface area contributed by atoms with Crippen molar-refractivity contribution in [2.24, 2.45) is 0 Å². The Kier molecular flexibility index (Phi) is 5.12. The largest absolute Gasteiger partial charge is 0.421 e.